The molecule has 0 unspecified atom stereocenters. The van der Waals surface area contributed by atoms with Crippen molar-refractivity contribution >= 4 is 0 Å². The average Bonchev–Trinajstić information content (AvgIpc) is 2.47. The quantitative estimate of drug-likeness (QED) is 0.495. The summed E-state index contributed by atoms with van der Waals surface area (Å²) in [6, 6.07) is 0. The fraction of sp³-hybridized carbons (Fsp3) is 1.00. The molecule has 0 atom stereocenters. The number of aliphatic hydroxyl groups is 1. The molecule has 0 aromatic carbocycles. The van der Waals surface area contributed by atoms with Gasteiger partial charge in [-0.2, -0.15) is 65.9 Å². The fourth-order valence-corrected chi connectivity index (χ4v) is 1.30. The van der Waals surface area contributed by atoms with E-state index in [0.717, 1.165) is 0 Å². The highest BCUT2D eigenvalue weighted by Crippen LogP contribution is 2.62. The summed E-state index contributed by atoms with van der Waals surface area (Å²) in [5.41, 5.74) is 0. The number of alkyl halides is 15. The van der Waals surface area contributed by atoms with E-state index in [1.165, 1.54) is 0 Å². The van der Waals surface area contributed by atoms with Gasteiger partial charge in [0.25, 0.3) is 0 Å². The van der Waals surface area contributed by atoms with Gasteiger partial charge in [-0.05, 0) is 0 Å². The van der Waals surface area contributed by atoms with Gasteiger partial charge in [0.15, 0.2) is 0 Å². The van der Waals surface area contributed by atoms with Crippen LogP contribution in [0.25, 0.3) is 0 Å². The first-order valence-corrected chi connectivity index (χ1v) is 6.50. The van der Waals surface area contributed by atoms with Crippen molar-refractivity contribution in [3.63, 3.8) is 0 Å². The second-order valence-corrected chi connectivity index (χ2v) is 4.55. The largest absolute Gasteiger partial charge is 0.460 e. The lowest BCUT2D eigenvalue weighted by atomic mass is 9.90. The molecule has 0 aromatic rings. The molecule has 0 spiro atoms. The Morgan fingerprint density at radius 1 is 0.481 bits per heavy atom. The first kappa shape index (κ1) is 28.1. The monoisotopic (exact) mass is 444 g/mol. The number of aliphatic hydroxyl groups excluding tert-OH is 1. The minimum atomic E-state index is -8.28. The van der Waals surface area contributed by atoms with Crippen LogP contribution in [0.2, 0.25) is 0 Å². The molecule has 16 heteroatoms. The van der Waals surface area contributed by atoms with Crippen LogP contribution in [0.3, 0.4) is 0 Å². The third-order valence-corrected chi connectivity index (χ3v) is 2.82. The lowest BCUT2D eigenvalue weighted by Gasteiger charge is -2.41. The third-order valence-electron chi connectivity index (χ3n) is 2.82. The lowest BCUT2D eigenvalue weighted by molar-refractivity contribution is -0.452. The molecule has 0 saturated heterocycles. The molecule has 27 heavy (non-hydrogen) atoms. The van der Waals surface area contributed by atoms with Crippen LogP contribution in [-0.4, -0.2) is 53.4 Å². The molecule has 0 aliphatic carbocycles. The Morgan fingerprint density at radius 3 is 1.00 bits per heavy atom. The Balaban J connectivity index is 0. The van der Waals surface area contributed by atoms with Crippen LogP contribution in [0.1, 0.15) is 20.3 Å². The smallest absolute Gasteiger partial charge is 0.396 e. The summed E-state index contributed by atoms with van der Waals surface area (Å²) in [6.45, 7) is 1.93. The van der Waals surface area contributed by atoms with Gasteiger partial charge in [-0.1, -0.05) is 13.8 Å². The van der Waals surface area contributed by atoms with E-state index in [0.29, 0.717) is 0 Å². The molecule has 0 aromatic heterocycles. The summed E-state index contributed by atoms with van der Waals surface area (Å²) >= 11 is 0. The fourth-order valence-electron chi connectivity index (χ4n) is 1.30. The molecule has 0 rings (SSSR count). The van der Waals surface area contributed by atoms with E-state index in [2.05, 4.69) is 0 Å². The molecule has 0 aliphatic rings. The maximum absolute atomic E-state index is 13.0. The minimum absolute atomic E-state index is 2.00. The van der Waals surface area contributed by atoms with Crippen molar-refractivity contribution in [3.8, 4) is 0 Å². The van der Waals surface area contributed by atoms with Crippen molar-refractivity contribution in [2.45, 2.75) is 62.0 Å². The van der Waals surface area contributed by atoms with Crippen molar-refractivity contribution in [3.05, 3.63) is 0 Å². The molecule has 0 bridgehead atoms. The normalized spacial score (nSPS) is 15.3. The van der Waals surface area contributed by atoms with Crippen LogP contribution in [-0.2, 0) is 0 Å². The molecule has 1 N–H and O–H groups in total. The Bertz CT molecular complexity index is 479. The van der Waals surface area contributed by atoms with Gasteiger partial charge in [0.1, 0.15) is 0 Å². The molecule has 0 amide bonds. The summed E-state index contributed by atoms with van der Waals surface area (Å²) in [7, 11) is 0. The van der Waals surface area contributed by atoms with Gasteiger partial charge < -0.3 is 5.11 Å². The van der Waals surface area contributed by atoms with E-state index in [-0.39, 0.29) is 0 Å². The van der Waals surface area contributed by atoms with Crippen LogP contribution in [0, 0.1) is 0 Å². The first-order chi connectivity index (χ1) is 11.6. The topological polar surface area (TPSA) is 20.2 Å². The second kappa shape index (κ2) is 7.73. The summed E-state index contributed by atoms with van der Waals surface area (Å²) in [4.78, 5) is 0. The average molecular weight is 444 g/mol. The molecule has 0 fully saturated rings. The molecule has 166 valence electrons. The number of hydrogen-bond donors (Lipinski definition) is 1. The zero-order valence-corrected chi connectivity index (χ0v) is 13.0. The number of halogens is 15. The van der Waals surface area contributed by atoms with Gasteiger partial charge in [-0.3, -0.25) is 0 Å². The molecular formula is C11H11F15O. The van der Waals surface area contributed by atoms with Gasteiger partial charge in [-0.15, -0.1) is 0 Å². The zero-order chi connectivity index (χ0) is 22.9. The van der Waals surface area contributed by atoms with Crippen LogP contribution in [0.15, 0.2) is 0 Å². The maximum atomic E-state index is 13.0. The van der Waals surface area contributed by atoms with E-state index >= 15 is 0 Å². The first-order valence-electron chi connectivity index (χ1n) is 6.50. The molecular weight excluding hydrogens is 433 g/mol. The molecule has 0 aliphatic heterocycles. The predicted molar refractivity (Wildman–Crippen MR) is 58.8 cm³/mol. The minimum Gasteiger partial charge on any atom is -0.396 e. The maximum Gasteiger partial charge on any atom is 0.460 e. The standard InChI is InChI=1S/C9H5F15O.C2H6/c10-3(11,1-2-25)4(12,13)5(14,15)6(16,17)7(18,19)8(20,21)9(22,23)24;1-2/h25H,1-2H2;1-2H3. The summed E-state index contributed by atoms with van der Waals surface area (Å²) in [5.74, 6) is -46.5. The third kappa shape index (κ3) is 4.04. The van der Waals surface area contributed by atoms with Gasteiger partial charge in [-0.25, -0.2) is 0 Å². The van der Waals surface area contributed by atoms with E-state index < -0.39 is 54.7 Å². The highest BCUT2D eigenvalue weighted by molar-refractivity contribution is 5.12. The van der Waals surface area contributed by atoms with Crippen LogP contribution in [0.4, 0.5) is 65.9 Å². The summed E-state index contributed by atoms with van der Waals surface area (Å²) in [5, 5.41) is 7.97. The summed E-state index contributed by atoms with van der Waals surface area (Å²) in [6.07, 6.45) is -10.3. The molecule has 1 nitrogen and oxygen atoms in total. The Morgan fingerprint density at radius 2 is 0.741 bits per heavy atom. The van der Waals surface area contributed by atoms with Gasteiger partial charge in [0.2, 0.25) is 0 Å². The highest BCUT2D eigenvalue weighted by Gasteiger charge is 2.93. The van der Waals surface area contributed by atoms with Gasteiger partial charge in [0.05, 0.1) is 0 Å². The van der Waals surface area contributed by atoms with Crippen molar-refractivity contribution in [2.75, 3.05) is 6.61 Å². The van der Waals surface area contributed by atoms with Crippen LogP contribution in [0.5, 0.6) is 0 Å². The summed E-state index contributed by atoms with van der Waals surface area (Å²) < 4.78 is 189. The Hall–Kier alpha value is -1.09. The van der Waals surface area contributed by atoms with Gasteiger partial charge >= 0.3 is 41.7 Å². The Labute approximate surface area is 141 Å². The second-order valence-electron chi connectivity index (χ2n) is 4.55. The number of rotatable bonds is 7. The van der Waals surface area contributed by atoms with Crippen LogP contribution >= 0.6 is 0 Å². The molecule has 0 radical (unpaired) electrons. The highest BCUT2D eigenvalue weighted by atomic mass is 19.4. The number of hydrogen-bond acceptors (Lipinski definition) is 1. The van der Waals surface area contributed by atoms with Crippen molar-refractivity contribution < 1.29 is 71.0 Å². The van der Waals surface area contributed by atoms with Crippen molar-refractivity contribution in [1.82, 2.24) is 0 Å². The van der Waals surface area contributed by atoms with E-state index in [4.69, 9.17) is 5.11 Å². The van der Waals surface area contributed by atoms with E-state index in [1.54, 1.807) is 0 Å². The van der Waals surface area contributed by atoms with Gasteiger partial charge in [0, 0.05) is 13.0 Å². The predicted octanol–water partition coefficient (Wildman–Crippen LogP) is 5.77. The molecule has 0 saturated carbocycles. The SMILES string of the molecule is CC.OCCC(F)(F)C(F)(F)C(F)(F)C(F)(F)C(F)(F)C(F)(F)C(F)(F)F. The van der Waals surface area contributed by atoms with Crippen molar-refractivity contribution in [1.29, 1.82) is 0 Å². The van der Waals surface area contributed by atoms with Crippen LogP contribution < -0.4 is 0 Å². The Kier molecular flexibility index (Phi) is 8.06. The lowest BCUT2D eigenvalue weighted by Crippen LogP contribution is -2.72. The van der Waals surface area contributed by atoms with E-state index in [9.17, 15) is 65.9 Å². The molecule has 0 heterocycles. The van der Waals surface area contributed by atoms with E-state index in [1.807, 2.05) is 13.8 Å². The van der Waals surface area contributed by atoms with Crippen molar-refractivity contribution in [2.24, 2.45) is 0 Å². The zero-order valence-electron chi connectivity index (χ0n) is 13.0.